The Morgan fingerprint density at radius 1 is 1.25 bits per heavy atom. The quantitative estimate of drug-likeness (QED) is 0.925. The van der Waals surface area contributed by atoms with Gasteiger partial charge in [0, 0.05) is 18.4 Å². The fourth-order valence-corrected chi connectivity index (χ4v) is 2.09. The fraction of sp³-hybridized carbons (Fsp3) is 0.125. The Morgan fingerprint density at radius 2 is 2.00 bits per heavy atom. The molecule has 0 fully saturated rings. The van der Waals surface area contributed by atoms with Crippen molar-refractivity contribution in [2.45, 2.75) is 6.92 Å². The third kappa shape index (κ3) is 2.62. The van der Waals surface area contributed by atoms with Gasteiger partial charge in [0.1, 0.15) is 0 Å². The van der Waals surface area contributed by atoms with Crippen LogP contribution in [0.3, 0.4) is 0 Å². The van der Waals surface area contributed by atoms with Gasteiger partial charge in [0.2, 0.25) is 0 Å². The van der Waals surface area contributed by atoms with Gasteiger partial charge >= 0.3 is 5.97 Å². The number of hydrogen-bond donors (Lipinski definition) is 1. The topological polar surface area (TPSA) is 64.3 Å². The molecule has 1 N–H and O–H groups in total. The summed E-state index contributed by atoms with van der Waals surface area (Å²) in [5.74, 6) is -0.936. The van der Waals surface area contributed by atoms with E-state index < -0.39 is 5.97 Å². The smallest absolute Gasteiger partial charge is 0.335 e. The summed E-state index contributed by atoms with van der Waals surface area (Å²) >= 11 is 0. The fourth-order valence-electron chi connectivity index (χ4n) is 2.09. The number of hydrogen-bond acceptors (Lipinski definition) is 3. The monoisotopic (exact) mass is 266 g/mol. The summed E-state index contributed by atoms with van der Waals surface area (Å²) in [6.45, 7) is 1.87. The number of nitriles is 1. The van der Waals surface area contributed by atoms with E-state index in [1.165, 1.54) is 0 Å². The summed E-state index contributed by atoms with van der Waals surface area (Å²) in [7, 11) is 1.89. The van der Waals surface area contributed by atoms with Crippen LogP contribution in [0.1, 0.15) is 21.5 Å². The number of carboxylic acids is 1. The third-order valence-electron chi connectivity index (χ3n) is 3.17. The third-order valence-corrected chi connectivity index (χ3v) is 3.17. The summed E-state index contributed by atoms with van der Waals surface area (Å²) in [5.41, 5.74) is 3.52. The molecule has 2 aromatic rings. The number of nitrogens with zero attached hydrogens (tertiary/aromatic N) is 2. The molecule has 2 rings (SSSR count). The number of rotatable bonds is 3. The Labute approximate surface area is 117 Å². The lowest BCUT2D eigenvalue weighted by Gasteiger charge is -2.22. The van der Waals surface area contributed by atoms with Crippen LogP contribution in [0.25, 0.3) is 0 Å². The van der Waals surface area contributed by atoms with Crippen molar-refractivity contribution in [1.82, 2.24) is 0 Å². The van der Waals surface area contributed by atoms with Crippen LogP contribution in [0.4, 0.5) is 11.4 Å². The molecule has 4 nitrogen and oxygen atoms in total. The second-order valence-corrected chi connectivity index (χ2v) is 4.53. The molecule has 0 aliphatic rings. The van der Waals surface area contributed by atoms with Crippen LogP contribution >= 0.6 is 0 Å². The first-order chi connectivity index (χ1) is 9.52. The molecule has 0 atom stereocenters. The van der Waals surface area contributed by atoms with E-state index in [1.807, 2.05) is 31.0 Å². The maximum atomic E-state index is 10.9. The largest absolute Gasteiger partial charge is 0.478 e. The van der Waals surface area contributed by atoms with Crippen molar-refractivity contribution in [3.63, 3.8) is 0 Å². The molecule has 20 heavy (non-hydrogen) atoms. The second kappa shape index (κ2) is 5.45. The minimum atomic E-state index is -0.936. The first kappa shape index (κ1) is 13.6. The van der Waals surface area contributed by atoms with Crippen LogP contribution < -0.4 is 4.90 Å². The minimum Gasteiger partial charge on any atom is -0.478 e. The minimum absolute atomic E-state index is 0.269. The van der Waals surface area contributed by atoms with Gasteiger partial charge in [0.15, 0.2) is 0 Å². The molecule has 100 valence electrons. The van der Waals surface area contributed by atoms with Crippen molar-refractivity contribution >= 4 is 17.3 Å². The predicted octanol–water partition coefficient (Wildman–Crippen LogP) is 3.33. The van der Waals surface area contributed by atoms with Crippen LogP contribution in [0, 0.1) is 18.3 Å². The zero-order valence-electron chi connectivity index (χ0n) is 11.3. The lowest BCUT2D eigenvalue weighted by Crippen LogP contribution is -2.11. The number of aromatic carboxylic acids is 1. The molecule has 2 aromatic carbocycles. The number of benzene rings is 2. The van der Waals surface area contributed by atoms with Crippen molar-refractivity contribution < 1.29 is 9.90 Å². The van der Waals surface area contributed by atoms with Gasteiger partial charge in [-0.05, 0) is 48.9 Å². The highest BCUT2D eigenvalue weighted by atomic mass is 16.4. The molecular formula is C16H14N2O2. The van der Waals surface area contributed by atoms with E-state index in [9.17, 15) is 4.79 Å². The van der Waals surface area contributed by atoms with Crippen LogP contribution in [0.5, 0.6) is 0 Å². The molecule has 0 aliphatic carbocycles. The highest BCUT2D eigenvalue weighted by Gasteiger charge is 2.10. The normalized spacial score (nSPS) is 9.85. The molecule has 0 spiro atoms. The predicted molar refractivity (Wildman–Crippen MR) is 77.4 cm³/mol. The highest BCUT2D eigenvalue weighted by Crippen LogP contribution is 2.27. The van der Waals surface area contributed by atoms with E-state index in [0.717, 1.165) is 16.9 Å². The van der Waals surface area contributed by atoms with Crippen LogP contribution in [-0.2, 0) is 0 Å². The van der Waals surface area contributed by atoms with E-state index in [1.54, 1.807) is 30.3 Å². The van der Waals surface area contributed by atoms with Crippen molar-refractivity contribution in [2.75, 3.05) is 11.9 Å². The first-order valence-corrected chi connectivity index (χ1v) is 6.11. The first-order valence-electron chi connectivity index (χ1n) is 6.11. The summed E-state index contributed by atoms with van der Waals surface area (Å²) in [4.78, 5) is 12.9. The second-order valence-electron chi connectivity index (χ2n) is 4.53. The van der Waals surface area contributed by atoms with Crippen LogP contribution in [-0.4, -0.2) is 18.1 Å². The number of carboxylic acid groups (broad SMARTS) is 1. The van der Waals surface area contributed by atoms with Gasteiger partial charge < -0.3 is 10.0 Å². The average molecular weight is 266 g/mol. The van der Waals surface area contributed by atoms with E-state index in [2.05, 4.69) is 6.07 Å². The number of aryl methyl sites for hydroxylation is 1. The Morgan fingerprint density at radius 3 is 2.60 bits per heavy atom. The maximum Gasteiger partial charge on any atom is 0.335 e. The molecule has 4 heteroatoms. The van der Waals surface area contributed by atoms with Crippen LogP contribution in [0.2, 0.25) is 0 Å². The molecule has 0 saturated heterocycles. The lowest BCUT2D eigenvalue weighted by atomic mass is 10.1. The standard InChI is InChI=1S/C16H14N2O2/c1-11-8-13(16(19)20)6-7-15(11)18(2)14-5-3-4-12(9-14)10-17/h3-9H,1-2H3,(H,19,20). The van der Waals surface area contributed by atoms with Gasteiger partial charge in [-0.15, -0.1) is 0 Å². The molecule has 0 heterocycles. The molecular weight excluding hydrogens is 252 g/mol. The summed E-state index contributed by atoms with van der Waals surface area (Å²) < 4.78 is 0. The summed E-state index contributed by atoms with van der Waals surface area (Å²) in [6.07, 6.45) is 0. The maximum absolute atomic E-state index is 10.9. The Hall–Kier alpha value is -2.80. The number of carbonyl (C=O) groups is 1. The Bertz CT molecular complexity index is 702. The zero-order valence-corrected chi connectivity index (χ0v) is 11.3. The SMILES string of the molecule is Cc1cc(C(=O)O)ccc1N(C)c1cccc(C#N)c1. The Balaban J connectivity index is 2.40. The van der Waals surface area contributed by atoms with E-state index in [-0.39, 0.29) is 5.56 Å². The zero-order chi connectivity index (χ0) is 14.7. The van der Waals surface area contributed by atoms with Gasteiger partial charge in [-0.2, -0.15) is 5.26 Å². The van der Waals surface area contributed by atoms with Crippen molar-refractivity contribution in [2.24, 2.45) is 0 Å². The molecule has 0 bridgehead atoms. The van der Waals surface area contributed by atoms with Crippen molar-refractivity contribution in [3.05, 3.63) is 59.2 Å². The summed E-state index contributed by atoms with van der Waals surface area (Å²) in [6, 6.07) is 14.4. The van der Waals surface area contributed by atoms with Crippen molar-refractivity contribution in [1.29, 1.82) is 5.26 Å². The molecule has 0 unspecified atom stereocenters. The summed E-state index contributed by atoms with van der Waals surface area (Å²) in [5, 5.41) is 17.9. The molecule has 0 saturated carbocycles. The van der Waals surface area contributed by atoms with Crippen LogP contribution in [0.15, 0.2) is 42.5 Å². The average Bonchev–Trinajstić information content (AvgIpc) is 2.46. The van der Waals surface area contributed by atoms with Gasteiger partial charge in [-0.1, -0.05) is 6.07 Å². The van der Waals surface area contributed by atoms with E-state index >= 15 is 0 Å². The van der Waals surface area contributed by atoms with E-state index in [0.29, 0.717) is 5.56 Å². The Kier molecular flexibility index (Phi) is 3.72. The number of anilines is 2. The lowest BCUT2D eigenvalue weighted by molar-refractivity contribution is 0.0697. The molecule has 0 radical (unpaired) electrons. The highest BCUT2D eigenvalue weighted by molar-refractivity contribution is 5.88. The van der Waals surface area contributed by atoms with Gasteiger partial charge in [-0.25, -0.2) is 4.79 Å². The molecule has 0 aromatic heterocycles. The van der Waals surface area contributed by atoms with Gasteiger partial charge in [0.05, 0.1) is 17.2 Å². The molecule has 0 amide bonds. The van der Waals surface area contributed by atoms with Crippen molar-refractivity contribution in [3.8, 4) is 6.07 Å². The van der Waals surface area contributed by atoms with Gasteiger partial charge in [-0.3, -0.25) is 0 Å². The van der Waals surface area contributed by atoms with Gasteiger partial charge in [0.25, 0.3) is 0 Å². The van der Waals surface area contributed by atoms with E-state index in [4.69, 9.17) is 10.4 Å². The molecule has 0 aliphatic heterocycles.